The maximum atomic E-state index is 12.2. The van der Waals surface area contributed by atoms with E-state index < -0.39 is 0 Å². The van der Waals surface area contributed by atoms with Crippen LogP contribution in [0.1, 0.15) is 43.1 Å². The molecule has 6 heteroatoms. The standard InChI is InChI=1S/C16H27N5O/c1-4-13-7-5-6-11-21(13)16-18-9-8-14(19-16)15(22)17-10-12-20(2)3/h8-9,13H,4-7,10-12H2,1-3H3,(H,17,22). The molecule has 6 nitrogen and oxygen atoms in total. The highest BCUT2D eigenvalue weighted by atomic mass is 16.1. The van der Waals surface area contributed by atoms with Gasteiger partial charge in [-0.25, -0.2) is 9.97 Å². The number of nitrogens with one attached hydrogen (secondary N) is 1. The smallest absolute Gasteiger partial charge is 0.270 e. The van der Waals surface area contributed by atoms with E-state index in [1.54, 1.807) is 12.3 Å². The monoisotopic (exact) mass is 305 g/mol. The lowest BCUT2D eigenvalue weighted by Gasteiger charge is -2.35. The number of hydrogen-bond donors (Lipinski definition) is 1. The van der Waals surface area contributed by atoms with Crippen molar-refractivity contribution in [3.63, 3.8) is 0 Å². The molecular formula is C16H27N5O. The van der Waals surface area contributed by atoms with E-state index in [2.05, 4.69) is 27.1 Å². The van der Waals surface area contributed by atoms with Gasteiger partial charge < -0.3 is 15.1 Å². The van der Waals surface area contributed by atoms with Crippen molar-refractivity contribution in [2.24, 2.45) is 0 Å². The van der Waals surface area contributed by atoms with Crippen LogP contribution in [0.15, 0.2) is 12.3 Å². The second kappa shape index (κ2) is 8.08. The Kier molecular flexibility index (Phi) is 6.12. The summed E-state index contributed by atoms with van der Waals surface area (Å²) in [4.78, 5) is 25.3. The summed E-state index contributed by atoms with van der Waals surface area (Å²) in [5.41, 5.74) is 0.448. The van der Waals surface area contributed by atoms with Crippen LogP contribution in [0.3, 0.4) is 0 Å². The molecule has 1 unspecified atom stereocenters. The lowest BCUT2D eigenvalue weighted by Crippen LogP contribution is -2.40. The van der Waals surface area contributed by atoms with Crippen LogP contribution in [-0.4, -0.2) is 60.5 Å². The van der Waals surface area contributed by atoms with E-state index >= 15 is 0 Å². The molecule has 1 aliphatic rings. The van der Waals surface area contributed by atoms with Gasteiger partial charge in [-0.05, 0) is 45.8 Å². The Labute approximate surface area is 132 Å². The number of likely N-dealkylation sites (N-methyl/N-ethyl adjacent to an activating group) is 1. The zero-order valence-electron chi connectivity index (χ0n) is 13.9. The van der Waals surface area contributed by atoms with E-state index in [9.17, 15) is 4.79 Å². The lowest BCUT2D eigenvalue weighted by molar-refractivity contribution is 0.0946. The van der Waals surface area contributed by atoms with Crippen LogP contribution in [-0.2, 0) is 0 Å². The highest BCUT2D eigenvalue weighted by Gasteiger charge is 2.23. The van der Waals surface area contributed by atoms with E-state index in [0.717, 1.165) is 19.5 Å². The molecule has 1 aromatic rings. The first kappa shape index (κ1) is 16.7. The SMILES string of the molecule is CCC1CCCCN1c1nccc(C(=O)NCCN(C)C)n1. The average Bonchev–Trinajstić information content (AvgIpc) is 2.54. The third kappa shape index (κ3) is 4.40. The molecule has 0 bridgehead atoms. The summed E-state index contributed by atoms with van der Waals surface area (Å²) in [6.07, 6.45) is 6.38. The van der Waals surface area contributed by atoms with Crippen molar-refractivity contribution in [3.05, 3.63) is 18.0 Å². The first-order chi connectivity index (χ1) is 10.6. The van der Waals surface area contributed by atoms with Crippen molar-refractivity contribution in [1.29, 1.82) is 0 Å². The Morgan fingerprint density at radius 2 is 2.27 bits per heavy atom. The number of aromatic nitrogens is 2. The summed E-state index contributed by atoms with van der Waals surface area (Å²) in [7, 11) is 3.96. The summed E-state index contributed by atoms with van der Waals surface area (Å²) in [6, 6.07) is 2.17. The van der Waals surface area contributed by atoms with Crippen molar-refractivity contribution in [1.82, 2.24) is 20.2 Å². The predicted octanol–water partition coefficient (Wildman–Crippen LogP) is 1.54. The second-order valence-electron chi connectivity index (χ2n) is 6.05. The van der Waals surface area contributed by atoms with Gasteiger partial charge in [-0.1, -0.05) is 6.92 Å². The fraction of sp³-hybridized carbons (Fsp3) is 0.688. The van der Waals surface area contributed by atoms with Crippen molar-refractivity contribution < 1.29 is 4.79 Å². The molecule has 2 heterocycles. The largest absolute Gasteiger partial charge is 0.349 e. The number of anilines is 1. The van der Waals surface area contributed by atoms with Gasteiger partial charge in [0.15, 0.2) is 0 Å². The summed E-state index contributed by atoms with van der Waals surface area (Å²) >= 11 is 0. The van der Waals surface area contributed by atoms with E-state index in [0.29, 0.717) is 24.2 Å². The van der Waals surface area contributed by atoms with Crippen LogP contribution in [0, 0.1) is 0 Å². The van der Waals surface area contributed by atoms with E-state index in [4.69, 9.17) is 0 Å². The molecule has 1 atom stereocenters. The quantitative estimate of drug-likeness (QED) is 0.864. The first-order valence-corrected chi connectivity index (χ1v) is 8.14. The van der Waals surface area contributed by atoms with Gasteiger partial charge in [0.2, 0.25) is 5.95 Å². The molecule has 1 amide bonds. The second-order valence-corrected chi connectivity index (χ2v) is 6.05. The number of hydrogen-bond acceptors (Lipinski definition) is 5. The topological polar surface area (TPSA) is 61.4 Å². The van der Waals surface area contributed by atoms with Gasteiger partial charge in [0.05, 0.1) is 0 Å². The van der Waals surface area contributed by atoms with E-state index in [-0.39, 0.29) is 5.91 Å². The van der Waals surface area contributed by atoms with Crippen molar-refractivity contribution in [2.75, 3.05) is 38.6 Å². The summed E-state index contributed by atoms with van der Waals surface area (Å²) in [5, 5.41) is 2.90. The number of rotatable bonds is 6. The Morgan fingerprint density at radius 1 is 1.45 bits per heavy atom. The highest BCUT2D eigenvalue weighted by Crippen LogP contribution is 2.23. The molecular weight excluding hydrogens is 278 g/mol. The summed E-state index contributed by atoms with van der Waals surface area (Å²) in [5.74, 6) is 0.558. The lowest BCUT2D eigenvalue weighted by atomic mass is 10.0. The molecule has 0 saturated carbocycles. The van der Waals surface area contributed by atoms with Crippen LogP contribution in [0.5, 0.6) is 0 Å². The van der Waals surface area contributed by atoms with Gasteiger partial charge in [0.1, 0.15) is 5.69 Å². The molecule has 1 aromatic heterocycles. The van der Waals surface area contributed by atoms with Crippen LogP contribution in [0.2, 0.25) is 0 Å². The number of carbonyl (C=O) groups is 1. The number of piperidine rings is 1. The Morgan fingerprint density at radius 3 is 3.00 bits per heavy atom. The fourth-order valence-electron chi connectivity index (χ4n) is 2.79. The van der Waals surface area contributed by atoms with Gasteiger partial charge in [-0.3, -0.25) is 4.79 Å². The van der Waals surface area contributed by atoms with Crippen molar-refractivity contribution >= 4 is 11.9 Å². The normalized spacial score (nSPS) is 18.5. The molecule has 122 valence electrons. The minimum Gasteiger partial charge on any atom is -0.349 e. The van der Waals surface area contributed by atoms with Crippen molar-refractivity contribution in [2.45, 2.75) is 38.6 Å². The predicted molar refractivity (Wildman–Crippen MR) is 88.2 cm³/mol. The number of nitrogens with zero attached hydrogens (tertiary/aromatic N) is 4. The molecule has 1 fully saturated rings. The first-order valence-electron chi connectivity index (χ1n) is 8.14. The minimum absolute atomic E-state index is 0.129. The maximum absolute atomic E-state index is 12.2. The molecule has 0 spiro atoms. The van der Waals surface area contributed by atoms with Crippen LogP contribution >= 0.6 is 0 Å². The zero-order valence-corrected chi connectivity index (χ0v) is 13.9. The van der Waals surface area contributed by atoms with Gasteiger partial charge in [0.25, 0.3) is 5.91 Å². The van der Waals surface area contributed by atoms with Crippen LogP contribution < -0.4 is 10.2 Å². The van der Waals surface area contributed by atoms with Gasteiger partial charge in [0, 0.05) is 31.9 Å². The average molecular weight is 305 g/mol. The molecule has 0 radical (unpaired) electrons. The van der Waals surface area contributed by atoms with Crippen LogP contribution in [0.25, 0.3) is 0 Å². The minimum atomic E-state index is -0.129. The molecule has 0 aromatic carbocycles. The molecule has 22 heavy (non-hydrogen) atoms. The van der Waals surface area contributed by atoms with E-state index in [1.165, 1.54) is 19.3 Å². The Balaban J connectivity index is 2.04. The molecule has 1 aliphatic heterocycles. The van der Waals surface area contributed by atoms with Crippen LogP contribution in [0.4, 0.5) is 5.95 Å². The molecule has 1 N–H and O–H groups in total. The highest BCUT2D eigenvalue weighted by molar-refractivity contribution is 5.92. The summed E-state index contributed by atoms with van der Waals surface area (Å²) in [6.45, 7) is 4.60. The fourth-order valence-corrected chi connectivity index (χ4v) is 2.79. The zero-order chi connectivity index (χ0) is 15.9. The van der Waals surface area contributed by atoms with E-state index in [1.807, 2.05) is 19.0 Å². The molecule has 2 rings (SSSR count). The third-order valence-electron chi connectivity index (χ3n) is 4.08. The number of carbonyl (C=O) groups excluding carboxylic acids is 1. The molecule has 0 aliphatic carbocycles. The van der Waals surface area contributed by atoms with Gasteiger partial charge >= 0.3 is 0 Å². The van der Waals surface area contributed by atoms with Gasteiger partial charge in [-0.15, -0.1) is 0 Å². The molecule has 1 saturated heterocycles. The maximum Gasteiger partial charge on any atom is 0.270 e. The van der Waals surface area contributed by atoms with Crippen molar-refractivity contribution in [3.8, 4) is 0 Å². The third-order valence-corrected chi connectivity index (χ3v) is 4.08. The Hall–Kier alpha value is -1.69. The van der Waals surface area contributed by atoms with Gasteiger partial charge in [-0.2, -0.15) is 0 Å². The number of amides is 1. The Bertz CT molecular complexity index is 491. The summed E-state index contributed by atoms with van der Waals surface area (Å²) < 4.78 is 0.